The van der Waals surface area contributed by atoms with Crippen molar-refractivity contribution in [2.24, 2.45) is 0 Å². The summed E-state index contributed by atoms with van der Waals surface area (Å²) in [4.78, 5) is 0. The van der Waals surface area contributed by atoms with Crippen molar-refractivity contribution in [3.8, 4) is 0 Å². The van der Waals surface area contributed by atoms with Crippen molar-refractivity contribution in [3.63, 3.8) is 0 Å². The molecule has 0 aromatic carbocycles. The van der Waals surface area contributed by atoms with E-state index in [-0.39, 0.29) is 6.61 Å². The van der Waals surface area contributed by atoms with Crippen LogP contribution in [0.2, 0.25) is 0 Å². The van der Waals surface area contributed by atoms with E-state index >= 15 is 0 Å². The fraction of sp³-hybridized carbons (Fsp3) is 0.500. The number of nitrogens with one attached hydrogen (secondary N) is 1. The zero-order valence-electron chi connectivity index (χ0n) is 7.03. The highest BCUT2D eigenvalue weighted by molar-refractivity contribution is 9.10. The van der Waals surface area contributed by atoms with E-state index in [1.165, 1.54) is 0 Å². The number of aliphatic hydroxyl groups excluding tert-OH is 2. The number of aliphatic hydroxyl groups is 2. The Morgan fingerprint density at radius 2 is 2.31 bits per heavy atom. The van der Waals surface area contributed by atoms with Gasteiger partial charge in [-0.15, -0.1) is 0 Å². The fourth-order valence-corrected chi connectivity index (χ4v) is 1.21. The number of hydrogen-bond donors (Lipinski definition) is 3. The Kier molecular flexibility index (Phi) is 4.44. The van der Waals surface area contributed by atoms with Gasteiger partial charge in [-0.25, -0.2) is 0 Å². The molecule has 0 saturated carbocycles. The lowest BCUT2D eigenvalue weighted by atomic mass is 10.3. The second-order valence-electron chi connectivity index (χ2n) is 2.67. The molecular formula is C8H12BrNO3. The van der Waals surface area contributed by atoms with Crippen LogP contribution in [0.4, 0.5) is 0 Å². The predicted octanol–water partition coefficient (Wildman–Crippen LogP) is 0.485. The third-order valence-corrected chi connectivity index (χ3v) is 1.95. The molecule has 0 saturated heterocycles. The maximum atomic E-state index is 8.99. The summed E-state index contributed by atoms with van der Waals surface area (Å²) in [6, 6.07) is 3.64. The van der Waals surface area contributed by atoms with Crippen LogP contribution in [0.25, 0.3) is 0 Å². The van der Waals surface area contributed by atoms with Crippen LogP contribution in [0, 0.1) is 0 Å². The fourth-order valence-electron chi connectivity index (χ4n) is 0.873. The molecular weight excluding hydrogens is 238 g/mol. The van der Waals surface area contributed by atoms with Gasteiger partial charge >= 0.3 is 0 Å². The molecule has 0 bridgehead atoms. The Labute approximate surface area is 84.7 Å². The van der Waals surface area contributed by atoms with E-state index in [0.717, 1.165) is 5.76 Å². The molecule has 1 unspecified atom stereocenters. The third kappa shape index (κ3) is 3.91. The van der Waals surface area contributed by atoms with Gasteiger partial charge in [0.1, 0.15) is 5.76 Å². The second-order valence-corrected chi connectivity index (χ2v) is 3.45. The molecule has 0 amide bonds. The van der Waals surface area contributed by atoms with Crippen molar-refractivity contribution in [2.75, 3.05) is 13.2 Å². The first kappa shape index (κ1) is 10.7. The molecule has 1 heterocycles. The molecule has 1 aromatic rings. The smallest absolute Gasteiger partial charge is 0.169 e. The van der Waals surface area contributed by atoms with Gasteiger partial charge in [0, 0.05) is 6.54 Å². The van der Waals surface area contributed by atoms with Crippen molar-refractivity contribution in [1.82, 2.24) is 5.32 Å². The van der Waals surface area contributed by atoms with Crippen molar-refractivity contribution in [2.45, 2.75) is 12.6 Å². The Bertz CT molecular complexity index is 251. The van der Waals surface area contributed by atoms with Gasteiger partial charge in [-0.3, -0.25) is 0 Å². The van der Waals surface area contributed by atoms with E-state index in [1.807, 2.05) is 6.07 Å². The molecule has 0 spiro atoms. The van der Waals surface area contributed by atoms with Gasteiger partial charge in [0.15, 0.2) is 4.67 Å². The summed E-state index contributed by atoms with van der Waals surface area (Å²) in [6.45, 7) is 0.673. The molecule has 4 nitrogen and oxygen atoms in total. The first-order valence-electron chi connectivity index (χ1n) is 3.96. The largest absolute Gasteiger partial charge is 0.453 e. The molecule has 74 valence electrons. The van der Waals surface area contributed by atoms with Crippen molar-refractivity contribution in [1.29, 1.82) is 0 Å². The monoisotopic (exact) mass is 249 g/mol. The van der Waals surface area contributed by atoms with Crippen LogP contribution < -0.4 is 5.32 Å². The van der Waals surface area contributed by atoms with Crippen molar-refractivity contribution in [3.05, 3.63) is 22.6 Å². The molecule has 1 rings (SSSR count). The highest BCUT2D eigenvalue weighted by atomic mass is 79.9. The summed E-state index contributed by atoms with van der Waals surface area (Å²) in [6.07, 6.45) is -0.710. The van der Waals surface area contributed by atoms with Gasteiger partial charge in [-0.1, -0.05) is 0 Å². The molecule has 3 N–H and O–H groups in total. The average molecular weight is 250 g/mol. The molecule has 0 aliphatic carbocycles. The van der Waals surface area contributed by atoms with Gasteiger partial charge in [-0.2, -0.15) is 0 Å². The van der Waals surface area contributed by atoms with Gasteiger partial charge in [0.25, 0.3) is 0 Å². The third-order valence-electron chi connectivity index (χ3n) is 1.52. The number of rotatable bonds is 5. The van der Waals surface area contributed by atoms with Crippen LogP contribution in [0.1, 0.15) is 5.76 Å². The molecule has 1 atom stereocenters. The maximum Gasteiger partial charge on any atom is 0.169 e. The second kappa shape index (κ2) is 5.39. The quantitative estimate of drug-likeness (QED) is 0.711. The Morgan fingerprint density at radius 3 is 2.85 bits per heavy atom. The lowest BCUT2D eigenvalue weighted by Crippen LogP contribution is -2.28. The minimum Gasteiger partial charge on any atom is -0.453 e. The van der Waals surface area contributed by atoms with Crippen molar-refractivity contribution < 1.29 is 14.6 Å². The van der Waals surface area contributed by atoms with E-state index in [9.17, 15) is 0 Å². The Morgan fingerprint density at radius 1 is 1.54 bits per heavy atom. The molecule has 0 aliphatic rings. The first-order valence-corrected chi connectivity index (χ1v) is 4.75. The number of hydrogen-bond acceptors (Lipinski definition) is 4. The van der Waals surface area contributed by atoms with E-state index < -0.39 is 6.10 Å². The van der Waals surface area contributed by atoms with E-state index in [0.29, 0.717) is 17.8 Å². The Hall–Kier alpha value is -0.360. The van der Waals surface area contributed by atoms with Gasteiger partial charge in [0.05, 0.1) is 19.3 Å². The minimum atomic E-state index is -0.710. The average Bonchev–Trinajstić information content (AvgIpc) is 2.51. The number of halogens is 1. The summed E-state index contributed by atoms with van der Waals surface area (Å²) in [5, 5.41) is 20.4. The summed E-state index contributed by atoms with van der Waals surface area (Å²) in [5.41, 5.74) is 0. The molecule has 0 aliphatic heterocycles. The zero-order valence-corrected chi connectivity index (χ0v) is 8.62. The normalized spacial score (nSPS) is 13.2. The maximum absolute atomic E-state index is 8.99. The van der Waals surface area contributed by atoms with Crippen LogP contribution in [0.3, 0.4) is 0 Å². The van der Waals surface area contributed by atoms with E-state index in [2.05, 4.69) is 21.2 Å². The highest BCUT2D eigenvalue weighted by Gasteiger charge is 2.02. The molecule has 1 aromatic heterocycles. The Balaban J connectivity index is 2.20. The zero-order chi connectivity index (χ0) is 9.68. The SMILES string of the molecule is OCC(O)CNCc1ccc(Br)o1. The van der Waals surface area contributed by atoms with Crippen LogP contribution in [0.15, 0.2) is 21.2 Å². The first-order chi connectivity index (χ1) is 6.22. The molecule has 13 heavy (non-hydrogen) atoms. The number of furan rings is 1. The summed E-state index contributed by atoms with van der Waals surface area (Å²) < 4.78 is 5.90. The van der Waals surface area contributed by atoms with Crippen molar-refractivity contribution >= 4 is 15.9 Å². The molecule has 0 radical (unpaired) electrons. The van der Waals surface area contributed by atoms with E-state index in [1.54, 1.807) is 6.07 Å². The lowest BCUT2D eigenvalue weighted by Gasteiger charge is -2.06. The topological polar surface area (TPSA) is 65.6 Å². The van der Waals surface area contributed by atoms with Gasteiger partial charge < -0.3 is 19.9 Å². The summed E-state index contributed by atoms with van der Waals surface area (Å²) in [7, 11) is 0. The summed E-state index contributed by atoms with van der Waals surface area (Å²) >= 11 is 3.18. The summed E-state index contributed by atoms with van der Waals surface area (Å²) in [5.74, 6) is 0.789. The highest BCUT2D eigenvalue weighted by Crippen LogP contribution is 2.13. The van der Waals surface area contributed by atoms with Gasteiger partial charge in [0.2, 0.25) is 0 Å². The van der Waals surface area contributed by atoms with Crippen LogP contribution in [0.5, 0.6) is 0 Å². The minimum absolute atomic E-state index is 0.227. The predicted molar refractivity (Wildman–Crippen MR) is 51.2 cm³/mol. The van der Waals surface area contributed by atoms with Crippen LogP contribution in [-0.2, 0) is 6.54 Å². The van der Waals surface area contributed by atoms with Crippen LogP contribution >= 0.6 is 15.9 Å². The standard InChI is InChI=1S/C8H12BrNO3/c9-8-2-1-7(13-8)4-10-3-6(12)5-11/h1-2,6,10-12H,3-5H2. The lowest BCUT2D eigenvalue weighted by molar-refractivity contribution is 0.0938. The molecule has 5 heteroatoms. The van der Waals surface area contributed by atoms with Gasteiger partial charge in [-0.05, 0) is 28.1 Å². The molecule has 0 fully saturated rings. The van der Waals surface area contributed by atoms with E-state index in [4.69, 9.17) is 14.6 Å². The van der Waals surface area contributed by atoms with Crippen LogP contribution in [-0.4, -0.2) is 29.5 Å².